The van der Waals surface area contributed by atoms with E-state index < -0.39 is 0 Å². The number of nitrogens with zero attached hydrogens (tertiary/aromatic N) is 1. The predicted molar refractivity (Wildman–Crippen MR) is 87.6 cm³/mol. The fourth-order valence-corrected chi connectivity index (χ4v) is 3.81. The van der Waals surface area contributed by atoms with Crippen LogP contribution in [0.1, 0.15) is 29.2 Å². The summed E-state index contributed by atoms with van der Waals surface area (Å²) in [6.45, 7) is 5.52. The number of nitrogens with one attached hydrogen (secondary N) is 1. The molecule has 0 radical (unpaired) electrons. The third-order valence-electron chi connectivity index (χ3n) is 4.93. The van der Waals surface area contributed by atoms with E-state index in [9.17, 15) is 0 Å². The van der Waals surface area contributed by atoms with Gasteiger partial charge in [-0.25, -0.2) is 0 Å². The summed E-state index contributed by atoms with van der Waals surface area (Å²) in [5, 5.41) is 3.47. The van der Waals surface area contributed by atoms with Gasteiger partial charge in [-0.3, -0.25) is 0 Å². The molecule has 2 heterocycles. The molecule has 0 aromatic heterocycles. The lowest BCUT2D eigenvalue weighted by atomic mass is 9.95. The van der Waals surface area contributed by atoms with Crippen LogP contribution in [0.25, 0.3) is 0 Å². The van der Waals surface area contributed by atoms with E-state index in [2.05, 4.69) is 59.6 Å². The van der Waals surface area contributed by atoms with Crippen molar-refractivity contribution in [3.8, 4) is 0 Å². The van der Waals surface area contributed by atoms with Gasteiger partial charge in [-0.1, -0.05) is 36.4 Å². The van der Waals surface area contributed by atoms with Gasteiger partial charge in [-0.2, -0.15) is 0 Å². The lowest BCUT2D eigenvalue weighted by molar-refractivity contribution is 0.627. The van der Waals surface area contributed by atoms with Crippen LogP contribution in [-0.4, -0.2) is 12.6 Å². The van der Waals surface area contributed by atoms with Crippen LogP contribution >= 0.6 is 0 Å². The van der Waals surface area contributed by atoms with Crippen LogP contribution in [0.5, 0.6) is 0 Å². The van der Waals surface area contributed by atoms with Crippen molar-refractivity contribution < 1.29 is 0 Å². The standard InChI is InChI=1S/C19H22N2/c1-14-11-15-5-2-3-8-19(15)21(14)13-17-7-4-6-16-12-20-10-9-18(16)17/h2-8,14,20H,9-13H2,1H3. The zero-order chi connectivity index (χ0) is 14.2. The molecular weight excluding hydrogens is 256 g/mol. The van der Waals surface area contributed by atoms with E-state index in [1.54, 1.807) is 5.56 Å². The normalized spacial score (nSPS) is 20.2. The maximum atomic E-state index is 3.47. The summed E-state index contributed by atoms with van der Waals surface area (Å²) in [6.07, 6.45) is 2.34. The number of benzene rings is 2. The van der Waals surface area contributed by atoms with Crippen molar-refractivity contribution in [3.63, 3.8) is 0 Å². The van der Waals surface area contributed by atoms with E-state index in [0.717, 1.165) is 26.1 Å². The Morgan fingerprint density at radius 2 is 1.95 bits per heavy atom. The molecular formula is C19H22N2. The Labute approximate surface area is 126 Å². The first-order chi connectivity index (χ1) is 10.3. The van der Waals surface area contributed by atoms with E-state index in [0.29, 0.717) is 6.04 Å². The van der Waals surface area contributed by atoms with E-state index in [1.807, 2.05) is 0 Å². The Bertz CT molecular complexity index is 662. The summed E-state index contributed by atoms with van der Waals surface area (Å²) >= 11 is 0. The van der Waals surface area contributed by atoms with Crippen LogP contribution in [0.4, 0.5) is 5.69 Å². The summed E-state index contributed by atoms with van der Waals surface area (Å²) in [5.74, 6) is 0. The molecule has 0 fully saturated rings. The third kappa shape index (κ3) is 2.24. The van der Waals surface area contributed by atoms with Gasteiger partial charge in [-0.05, 0) is 54.6 Å². The Balaban J connectivity index is 1.68. The first kappa shape index (κ1) is 12.9. The SMILES string of the molecule is CC1Cc2ccccc2N1Cc1cccc2c1CCNC2. The number of hydrogen-bond donors (Lipinski definition) is 1. The summed E-state index contributed by atoms with van der Waals surface area (Å²) in [6, 6.07) is 16.3. The minimum Gasteiger partial charge on any atom is -0.364 e. The molecule has 0 aliphatic carbocycles. The van der Waals surface area contributed by atoms with Crippen LogP contribution in [-0.2, 0) is 25.9 Å². The van der Waals surface area contributed by atoms with Crippen molar-refractivity contribution in [3.05, 3.63) is 64.7 Å². The highest BCUT2D eigenvalue weighted by molar-refractivity contribution is 5.59. The molecule has 2 heteroatoms. The molecule has 108 valence electrons. The van der Waals surface area contributed by atoms with Crippen molar-refractivity contribution in [1.29, 1.82) is 0 Å². The largest absolute Gasteiger partial charge is 0.364 e. The fourth-order valence-electron chi connectivity index (χ4n) is 3.81. The van der Waals surface area contributed by atoms with Crippen LogP contribution in [0.3, 0.4) is 0 Å². The van der Waals surface area contributed by atoms with Gasteiger partial charge in [0, 0.05) is 24.8 Å². The molecule has 2 aliphatic rings. The van der Waals surface area contributed by atoms with Crippen molar-refractivity contribution >= 4 is 5.69 Å². The quantitative estimate of drug-likeness (QED) is 0.907. The van der Waals surface area contributed by atoms with Gasteiger partial charge >= 0.3 is 0 Å². The minimum atomic E-state index is 0.597. The molecule has 1 unspecified atom stereocenters. The smallest absolute Gasteiger partial charge is 0.0435 e. The first-order valence-corrected chi connectivity index (χ1v) is 7.98. The van der Waals surface area contributed by atoms with Gasteiger partial charge < -0.3 is 10.2 Å². The number of rotatable bonds is 2. The highest BCUT2D eigenvalue weighted by Gasteiger charge is 2.26. The Hall–Kier alpha value is -1.80. The number of anilines is 1. The lowest BCUT2D eigenvalue weighted by Crippen LogP contribution is -2.31. The molecule has 1 N–H and O–H groups in total. The van der Waals surface area contributed by atoms with Crippen LogP contribution in [0.15, 0.2) is 42.5 Å². The molecule has 2 aromatic rings. The van der Waals surface area contributed by atoms with E-state index in [-0.39, 0.29) is 0 Å². The fraction of sp³-hybridized carbons (Fsp3) is 0.368. The van der Waals surface area contributed by atoms with Gasteiger partial charge in [-0.15, -0.1) is 0 Å². The van der Waals surface area contributed by atoms with Crippen molar-refractivity contribution in [2.75, 3.05) is 11.4 Å². The van der Waals surface area contributed by atoms with Crippen LogP contribution < -0.4 is 10.2 Å². The second-order valence-corrected chi connectivity index (χ2v) is 6.29. The van der Waals surface area contributed by atoms with Gasteiger partial charge in [0.2, 0.25) is 0 Å². The topological polar surface area (TPSA) is 15.3 Å². The summed E-state index contributed by atoms with van der Waals surface area (Å²) in [7, 11) is 0. The molecule has 2 nitrogen and oxygen atoms in total. The summed E-state index contributed by atoms with van der Waals surface area (Å²) in [5.41, 5.74) is 7.50. The van der Waals surface area contributed by atoms with Gasteiger partial charge in [0.15, 0.2) is 0 Å². The summed E-state index contributed by atoms with van der Waals surface area (Å²) in [4.78, 5) is 2.58. The molecule has 4 rings (SSSR count). The zero-order valence-corrected chi connectivity index (χ0v) is 12.6. The van der Waals surface area contributed by atoms with Gasteiger partial charge in [0.1, 0.15) is 0 Å². The molecule has 2 aliphatic heterocycles. The molecule has 0 saturated heterocycles. The van der Waals surface area contributed by atoms with Crippen molar-refractivity contribution in [1.82, 2.24) is 5.32 Å². The highest BCUT2D eigenvalue weighted by atomic mass is 15.2. The molecule has 0 bridgehead atoms. The minimum absolute atomic E-state index is 0.597. The first-order valence-electron chi connectivity index (χ1n) is 7.98. The Morgan fingerprint density at radius 1 is 1.10 bits per heavy atom. The molecule has 1 atom stereocenters. The zero-order valence-electron chi connectivity index (χ0n) is 12.6. The Kier molecular flexibility index (Phi) is 3.19. The van der Waals surface area contributed by atoms with E-state index in [1.165, 1.54) is 28.8 Å². The van der Waals surface area contributed by atoms with Gasteiger partial charge in [0.05, 0.1) is 0 Å². The van der Waals surface area contributed by atoms with Crippen molar-refractivity contribution in [2.24, 2.45) is 0 Å². The average Bonchev–Trinajstić information content (AvgIpc) is 2.84. The van der Waals surface area contributed by atoms with Crippen LogP contribution in [0.2, 0.25) is 0 Å². The van der Waals surface area contributed by atoms with E-state index in [4.69, 9.17) is 0 Å². The molecule has 0 spiro atoms. The predicted octanol–water partition coefficient (Wildman–Crippen LogP) is 3.28. The van der Waals surface area contributed by atoms with Gasteiger partial charge in [0.25, 0.3) is 0 Å². The number of fused-ring (bicyclic) bond motifs is 2. The third-order valence-corrected chi connectivity index (χ3v) is 4.93. The molecule has 2 aromatic carbocycles. The van der Waals surface area contributed by atoms with Crippen LogP contribution in [0, 0.1) is 0 Å². The molecule has 0 saturated carbocycles. The number of hydrogen-bond acceptors (Lipinski definition) is 2. The second kappa shape index (κ2) is 5.19. The maximum absolute atomic E-state index is 3.47. The summed E-state index contributed by atoms with van der Waals surface area (Å²) < 4.78 is 0. The molecule has 21 heavy (non-hydrogen) atoms. The van der Waals surface area contributed by atoms with E-state index >= 15 is 0 Å². The average molecular weight is 278 g/mol. The maximum Gasteiger partial charge on any atom is 0.0435 e. The highest BCUT2D eigenvalue weighted by Crippen LogP contribution is 2.34. The number of para-hydroxylation sites is 1. The lowest BCUT2D eigenvalue weighted by Gasteiger charge is -2.28. The second-order valence-electron chi connectivity index (χ2n) is 6.29. The van der Waals surface area contributed by atoms with Crippen molar-refractivity contribution in [2.45, 2.75) is 38.9 Å². The molecule has 0 amide bonds. The monoisotopic (exact) mass is 278 g/mol. The Morgan fingerprint density at radius 3 is 2.90 bits per heavy atom.